The number of benzene rings is 1. The number of rotatable bonds is 4. The summed E-state index contributed by atoms with van der Waals surface area (Å²) >= 11 is 0. The van der Waals surface area contributed by atoms with Crippen molar-refractivity contribution in [2.75, 3.05) is 5.32 Å². The van der Waals surface area contributed by atoms with Crippen LogP contribution in [0.3, 0.4) is 0 Å². The van der Waals surface area contributed by atoms with Crippen LogP contribution in [0.25, 0.3) is 0 Å². The molecule has 3 nitrogen and oxygen atoms in total. The highest BCUT2D eigenvalue weighted by atomic mass is 19.1. The molecule has 2 rings (SSSR count). The molecule has 0 aliphatic rings. The van der Waals surface area contributed by atoms with Gasteiger partial charge in [-0.25, -0.2) is 13.2 Å². The van der Waals surface area contributed by atoms with Gasteiger partial charge in [0.2, 0.25) is 0 Å². The van der Waals surface area contributed by atoms with E-state index in [-0.39, 0.29) is 18.3 Å². The molecule has 0 bridgehead atoms. The van der Waals surface area contributed by atoms with Crippen molar-refractivity contribution < 1.29 is 13.2 Å². The molecule has 0 atom stereocenters. The van der Waals surface area contributed by atoms with E-state index in [4.69, 9.17) is 0 Å². The van der Waals surface area contributed by atoms with Gasteiger partial charge < -0.3 is 5.32 Å². The van der Waals surface area contributed by atoms with Gasteiger partial charge in [-0.1, -0.05) is 0 Å². The van der Waals surface area contributed by atoms with Crippen LogP contribution < -0.4 is 5.32 Å². The van der Waals surface area contributed by atoms with Crippen molar-refractivity contribution >= 4 is 5.69 Å². The van der Waals surface area contributed by atoms with E-state index in [0.717, 1.165) is 0 Å². The first-order valence-corrected chi connectivity index (χ1v) is 5.90. The first-order valence-electron chi connectivity index (χ1n) is 5.90. The summed E-state index contributed by atoms with van der Waals surface area (Å²) in [5.74, 6) is -2.86. The molecule has 0 unspecified atom stereocenters. The molecule has 1 heterocycles. The topological polar surface area (TPSA) is 29.9 Å². The van der Waals surface area contributed by atoms with E-state index < -0.39 is 17.5 Å². The fourth-order valence-corrected chi connectivity index (χ4v) is 1.65. The Morgan fingerprint density at radius 2 is 1.84 bits per heavy atom. The maximum absolute atomic E-state index is 13.4. The third-order valence-electron chi connectivity index (χ3n) is 2.65. The Labute approximate surface area is 109 Å². The van der Waals surface area contributed by atoms with E-state index in [1.807, 2.05) is 13.8 Å². The number of hydrogen-bond donors (Lipinski definition) is 1. The van der Waals surface area contributed by atoms with Gasteiger partial charge in [-0.05, 0) is 19.9 Å². The van der Waals surface area contributed by atoms with Crippen molar-refractivity contribution in [3.63, 3.8) is 0 Å². The average molecular weight is 269 g/mol. The van der Waals surface area contributed by atoms with Gasteiger partial charge in [0.1, 0.15) is 11.5 Å². The molecular weight excluding hydrogens is 255 g/mol. The van der Waals surface area contributed by atoms with Crippen molar-refractivity contribution in [1.82, 2.24) is 9.78 Å². The Kier molecular flexibility index (Phi) is 3.78. The molecule has 0 aliphatic heterocycles. The van der Waals surface area contributed by atoms with Crippen LogP contribution in [0, 0.1) is 17.5 Å². The maximum Gasteiger partial charge on any atom is 0.152 e. The lowest BCUT2D eigenvalue weighted by Gasteiger charge is -2.08. The molecule has 0 saturated carbocycles. The maximum atomic E-state index is 13.4. The van der Waals surface area contributed by atoms with Crippen LogP contribution in [0.15, 0.2) is 24.4 Å². The zero-order chi connectivity index (χ0) is 14.0. The third-order valence-corrected chi connectivity index (χ3v) is 2.65. The summed E-state index contributed by atoms with van der Waals surface area (Å²) in [5, 5.41) is 6.82. The van der Waals surface area contributed by atoms with Gasteiger partial charge in [0.05, 0.1) is 12.2 Å². The van der Waals surface area contributed by atoms with Gasteiger partial charge >= 0.3 is 0 Å². The standard InChI is InChI=1S/C13H14F3N3/c1-8(2)19-4-3-10(18-19)7-17-13-11(15)5-9(14)6-12(13)16/h3-6,8,17H,7H2,1-2H3. The highest BCUT2D eigenvalue weighted by Crippen LogP contribution is 2.20. The predicted molar refractivity (Wildman–Crippen MR) is 66.3 cm³/mol. The summed E-state index contributed by atoms with van der Waals surface area (Å²) < 4.78 is 41.2. The molecule has 0 spiro atoms. The quantitative estimate of drug-likeness (QED) is 0.920. The molecule has 102 valence electrons. The summed E-state index contributed by atoms with van der Waals surface area (Å²) in [7, 11) is 0. The largest absolute Gasteiger partial charge is 0.375 e. The minimum Gasteiger partial charge on any atom is -0.375 e. The van der Waals surface area contributed by atoms with E-state index in [1.54, 1.807) is 16.9 Å². The Bertz CT molecular complexity index is 555. The highest BCUT2D eigenvalue weighted by molar-refractivity contribution is 5.46. The summed E-state index contributed by atoms with van der Waals surface area (Å²) in [6.45, 7) is 4.12. The highest BCUT2D eigenvalue weighted by Gasteiger charge is 2.11. The third kappa shape index (κ3) is 3.07. The van der Waals surface area contributed by atoms with Crippen LogP contribution >= 0.6 is 0 Å². The molecule has 0 aliphatic carbocycles. The SMILES string of the molecule is CC(C)n1ccc(CNc2c(F)cc(F)cc2F)n1. The normalized spacial score (nSPS) is 11.1. The molecule has 2 aromatic rings. The van der Waals surface area contributed by atoms with Crippen molar-refractivity contribution in [3.8, 4) is 0 Å². The zero-order valence-electron chi connectivity index (χ0n) is 10.6. The van der Waals surface area contributed by atoms with E-state index in [0.29, 0.717) is 17.8 Å². The molecular formula is C13H14F3N3. The minimum absolute atomic E-state index is 0.166. The van der Waals surface area contributed by atoms with Gasteiger partial charge in [0.25, 0.3) is 0 Å². The van der Waals surface area contributed by atoms with Crippen LogP contribution in [0.2, 0.25) is 0 Å². The fourth-order valence-electron chi connectivity index (χ4n) is 1.65. The molecule has 19 heavy (non-hydrogen) atoms. The molecule has 6 heteroatoms. The first kappa shape index (κ1) is 13.5. The summed E-state index contributed by atoms with van der Waals surface area (Å²) in [6.07, 6.45) is 1.79. The zero-order valence-corrected chi connectivity index (χ0v) is 10.6. The average Bonchev–Trinajstić information content (AvgIpc) is 2.76. The van der Waals surface area contributed by atoms with E-state index in [1.165, 1.54) is 0 Å². The second-order valence-electron chi connectivity index (χ2n) is 4.48. The predicted octanol–water partition coefficient (Wildman–Crippen LogP) is 3.49. The number of aromatic nitrogens is 2. The lowest BCUT2D eigenvalue weighted by atomic mass is 10.2. The number of anilines is 1. The van der Waals surface area contributed by atoms with Crippen molar-refractivity contribution in [1.29, 1.82) is 0 Å². The van der Waals surface area contributed by atoms with Crippen molar-refractivity contribution in [3.05, 3.63) is 47.5 Å². The van der Waals surface area contributed by atoms with Crippen LogP contribution in [0.1, 0.15) is 25.6 Å². The minimum atomic E-state index is -0.958. The molecule has 1 aromatic carbocycles. The second-order valence-corrected chi connectivity index (χ2v) is 4.48. The molecule has 0 radical (unpaired) electrons. The monoisotopic (exact) mass is 269 g/mol. The Balaban J connectivity index is 2.10. The Hall–Kier alpha value is -1.98. The van der Waals surface area contributed by atoms with Gasteiger partial charge in [-0.15, -0.1) is 0 Å². The van der Waals surface area contributed by atoms with Gasteiger partial charge in [-0.3, -0.25) is 4.68 Å². The number of hydrogen-bond acceptors (Lipinski definition) is 2. The fraction of sp³-hybridized carbons (Fsp3) is 0.308. The van der Waals surface area contributed by atoms with E-state index in [2.05, 4.69) is 10.4 Å². The van der Waals surface area contributed by atoms with Gasteiger partial charge in [0.15, 0.2) is 11.6 Å². The van der Waals surface area contributed by atoms with E-state index in [9.17, 15) is 13.2 Å². The van der Waals surface area contributed by atoms with Crippen molar-refractivity contribution in [2.45, 2.75) is 26.4 Å². The Morgan fingerprint density at radius 3 is 2.37 bits per heavy atom. The summed E-state index contributed by atoms with van der Waals surface area (Å²) in [4.78, 5) is 0. The van der Waals surface area contributed by atoms with Crippen LogP contribution in [0.5, 0.6) is 0 Å². The number of nitrogens with one attached hydrogen (secondary N) is 1. The smallest absolute Gasteiger partial charge is 0.152 e. The number of nitrogens with zero attached hydrogens (tertiary/aromatic N) is 2. The second kappa shape index (κ2) is 5.34. The van der Waals surface area contributed by atoms with Crippen LogP contribution in [0.4, 0.5) is 18.9 Å². The molecule has 0 saturated heterocycles. The van der Waals surface area contributed by atoms with E-state index >= 15 is 0 Å². The molecule has 1 N–H and O–H groups in total. The van der Waals surface area contributed by atoms with Gasteiger partial charge in [0, 0.05) is 24.4 Å². The van der Waals surface area contributed by atoms with Crippen molar-refractivity contribution in [2.24, 2.45) is 0 Å². The Morgan fingerprint density at radius 1 is 1.21 bits per heavy atom. The van der Waals surface area contributed by atoms with Gasteiger partial charge in [-0.2, -0.15) is 5.10 Å². The molecule has 0 amide bonds. The lowest BCUT2D eigenvalue weighted by molar-refractivity contribution is 0.526. The lowest BCUT2D eigenvalue weighted by Crippen LogP contribution is -2.07. The summed E-state index contributed by atoms with van der Waals surface area (Å²) in [5.41, 5.74) is 0.303. The first-order chi connectivity index (χ1) is 8.97. The number of halogens is 3. The molecule has 0 fully saturated rings. The van der Waals surface area contributed by atoms with Crippen LogP contribution in [-0.2, 0) is 6.54 Å². The molecule has 1 aromatic heterocycles. The van der Waals surface area contributed by atoms with Crippen LogP contribution in [-0.4, -0.2) is 9.78 Å². The summed E-state index contributed by atoms with van der Waals surface area (Å²) in [6, 6.07) is 3.25.